The normalized spacial score (nSPS) is 15.9. The van der Waals surface area contributed by atoms with Crippen LogP contribution in [0.4, 0.5) is 23.0 Å². The molecule has 8 aromatic rings. The fourth-order valence-electron chi connectivity index (χ4n) is 8.30. The number of likely N-dealkylation sites (N-methyl/N-ethyl adjacent to an activating group) is 1. The highest BCUT2D eigenvalue weighted by molar-refractivity contribution is 7.19. The summed E-state index contributed by atoms with van der Waals surface area (Å²) in [5, 5.41) is 36.0. The number of carboxylic acids is 1. The van der Waals surface area contributed by atoms with Crippen molar-refractivity contribution >= 4 is 89.0 Å². The van der Waals surface area contributed by atoms with Gasteiger partial charge in [-0.05, 0) is 80.8 Å². The van der Waals surface area contributed by atoms with E-state index in [1.54, 1.807) is 69.5 Å². The highest BCUT2D eigenvalue weighted by Gasteiger charge is 2.32. The van der Waals surface area contributed by atoms with E-state index in [-0.39, 0.29) is 24.3 Å². The van der Waals surface area contributed by atoms with Crippen LogP contribution in [-0.4, -0.2) is 100 Å². The maximum Gasteiger partial charge on any atom is 0.306 e. The van der Waals surface area contributed by atoms with E-state index < -0.39 is 5.97 Å². The van der Waals surface area contributed by atoms with E-state index in [4.69, 9.17) is 9.47 Å². The summed E-state index contributed by atoms with van der Waals surface area (Å²) >= 11 is 3.20. The van der Waals surface area contributed by atoms with Crippen LogP contribution in [0.15, 0.2) is 61.7 Å². The van der Waals surface area contributed by atoms with Gasteiger partial charge in [0.25, 0.3) is 0 Å². The predicted octanol–water partition coefficient (Wildman–Crippen LogP) is 6.32. The third kappa shape index (κ3) is 7.64. The minimum absolute atomic E-state index is 0.0143. The number of anilines is 4. The van der Waals surface area contributed by atoms with Crippen molar-refractivity contribution in [3.05, 3.63) is 82.6 Å². The van der Waals surface area contributed by atoms with Gasteiger partial charge in [0.15, 0.2) is 11.5 Å². The highest BCUT2D eigenvalue weighted by Crippen LogP contribution is 2.43. The van der Waals surface area contributed by atoms with Crippen molar-refractivity contribution in [1.29, 1.82) is 0 Å². The molecule has 4 N–H and O–H groups in total. The van der Waals surface area contributed by atoms with Crippen molar-refractivity contribution in [3.63, 3.8) is 0 Å². The predicted molar refractivity (Wildman–Crippen MR) is 233 cm³/mol. The molecule has 0 radical (unpaired) electrons. The van der Waals surface area contributed by atoms with Gasteiger partial charge in [-0.2, -0.15) is 10.2 Å². The molecule has 17 nitrogen and oxygen atoms in total. The Bertz CT molecular complexity index is 2920. The van der Waals surface area contributed by atoms with E-state index in [1.165, 1.54) is 16.8 Å². The SMILES string of the molecule is CCN(CCO)C(=O)[C@H]1CCc2c(sc3ncnc(Nc4cc5ccnn5cc4OC)c23)C1.COc1cn2nccc2cc1Nc1ncnc2sc3c(c12)CC[C@H](C(=O)O)C3. The van der Waals surface area contributed by atoms with Gasteiger partial charge in [-0.15, -0.1) is 22.7 Å². The van der Waals surface area contributed by atoms with E-state index in [0.717, 1.165) is 71.9 Å². The molecule has 8 aromatic heterocycles. The fraction of sp³-hybridized carbons (Fsp3) is 0.333. The second kappa shape index (κ2) is 16.9. The molecule has 0 unspecified atom stereocenters. The minimum Gasteiger partial charge on any atom is -0.493 e. The Balaban J connectivity index is 0.000000158. The number of methoxy groups -OCH3 is 2. The molecule has 0 spiro atoms. The Morgan fingerprint density at radius 3 is 1.79 bits per heavy atom. The molecule has 8 heterocycles. The quantitative estimate of drug-likeness (QED) is 0.112. The first-order chi connectivity index (χ1) is 29.8. The Morgan fingerprint density at radius 1 is 0.803 bits per heavy atom. The van der Waals surface area contributed by atoms with E-state index in [0.29, 0.717) is 56.1 Å². The first-order valence-corrected chi connectivity index (χ1v) is 21.6. The molecule has 2 aliphatic rings. The van der Waals surface area contributed by atoms with Crippen molar-refractivity contribution < 1.29 is 29.3 Å². The number of aliphatic carboxylic acids is 1. The topological polar surface area (TPSA) is 207 Å². The van der Waals surface area contributed by atoms with Crippen LogP contribution in [0.2, 0.25) is 0 Å². The number of aliphatic hydroxyl groups is 1. The Hall–Kier alpha value is -6.44. The zero-order valence-electron chi connectivity index (χ0n) is 33.7. The van der Waals surface area contributed by atoms with Gasteiger partial charge < -0.3 is 35.2 Å². The van der Waals surface area contributed by atoms with E-state index in [9.17, 15) is 19.8 Å². The number of carbonyl (C=O) groups excluding carboxylic acids is 1. The first kappa shape index (κ1) is 40.0. The average Bonchev–Trinajstić information content (AvgIpc) is 4.09. The van der Waals surface area contributed by atoms with Crippen LogP contribution in [0, 0.1) is 11.8 Å². The number of thiophene rings is 2. The minimum atomic E-state index is -0.730. The summed E-state index contributed by atoms with van der Waals surface area (Å²) in [6.45, 7) is 2.93. The number of hydrogen-bond donors (Lipinski definition) is 4. The number of carboxylic acid groups (broad SMARTS) is 1. The number of hydrogen-bond acceptors (Lipinski definition) is 15. The fourth-order valence-corrected chi connectivity index (χ4v) is 10.8. The van der Waals surface area contributed by atoms with Crippen molar-refractivity contribution in [2.45, 2.75) is 45.4 Å². The molecule has 2 atom stereocenters. The smallest absolute Gasteiger partial charge is 0.306 e. The summed E-state index contributed by atoms with van der Waals surface area (Å²) in [6.07, 6.45) is 14.4. The van der Waals surface area contributed by atoms with Crippen LogP contribution < -0.4 is 20.1 Å². The maximum absolute atomic E-state index is 13.0. The zero-order valence-corrected chi connectivity index (χ0v) is 35.3. The van der Waals surface area contributed by atoms with Crippen LogP contribution in [-0.2, 0) is 35.3 Å². The number of aryl methyl sites for hydroxylation is 2. The number of pyridine rings is 2. The number of rotatable bonds is 11. The molecule has 0 fully saturated rings. The lowest BCUT2D eigenvalue weighted by Crippen LogP contribution is -2.39. The molecule has 10 rings (SSSR count). The van der Waals surface area contributed by atoms with Gasteiger partial charge in [0.1, 0.15) is 34.0 Å². The van der Waals surface area contributed by atoms with Crippen LogP contribution in [0.1, 0.15) is 40.6 Å². The summed E-state index contributed by atoms with van der Waals surface area (Å²) in [5.41, 5.74) is 5.85. The van der Waals surface area contributed by atoms with Crippen molar-refractivity contribution in [2.24, 2.45) is 11.8 Å². The van der Waals surface area contributed by atoms with Gasteiger partial charge in [-0.1, -0.05) is 0 Å². The molecule has 1 amide bonds. The van der Waals surface area contributed by atoms with Gasteiger partial charge in [-0.25, -0.2) is 29.0 Å². The molecule has 0 aliphatic heterocycles. The number of aliphatic hydroxyl groups excluding tert-OH is 1. The number of nitrogens with one attached hydrogen (secondary N) is 2. The Morgan fingerprint density at radius 2 is 1.31 bits per heavy atom. The molecule has 0 aromatic carbocycles. The van der Waals surface area contributed by atoms with Gasteiger partial charge in [0.05, 0.1) is 72.3 Å². The van der Waals surface area contributed by atoms with Gasteiger partial charge in [0, 0.05) is 41.2 Å². The van der Waals surface area contributed by atoms with Crippen LogP contribution in [0.3, 0.4) is 0 Å². The summed E-state index contributed by atoms with van der Waals surface area (Å²) in [4.78, 5) is 48.1. The number of carbonyl (C=O) groups is 2. The summed E-state index contributed by atoms with van der Waals surface area (Å²) in [7, 11) is 3.25. The van der Waals surface area contributed by atoms with Gasteiger partial charge >= 0.3 is 5.97 Å². The monoisotopic (exact) mass is 861 g/mol. The lowest BCUT2D eigenvalue weighted by Gasteiger charge is -2.28. The lowest BCUT2D eigenvalue weighted by atomic mass is 9.87. The zero-order chi connectivity index (χ0) is 42.2. The van der Waals surface area contributed by atoms with E-state index in [2.05, 4.69) is 40.8 Å². The molecule has 0 saturated heterocycles. The van der Waals surface area contributed by atoms with Crippen LogP contribution >= 0.6 is 22.7 Å². The van der Waals surface area contributed by atoms with Crippen LogP contribution in [0.25, 0.3) is 31.5 Å². The molecule has 0 bridgehead atoms. The number of ether oxygens (including phenoxy) is 2. The molecular formula is C42H43N11O6S2. The second-order valence-corrected chi connectivity index (χ2v) is 17.0. The third-order valence-corrected chi connectivity index (χ3v) is 13.7. The van der Waals surface area contributed by atoms with Gasteiger partial charge in [0.2, 0.25) is 5.91 Å². The summed E-state index contributed by atoms with van der Waals surface area (Å²) in [6, 6.07) is 7.78. The molecule has 0 saturated carbocycles. The molecule has 314 valence electrons. The Kier molecular flexibility index (Phi) is 11.1. The van der Waals surface area contributed by atoms with E-state index >= 15 is 0 Å². The summed E-state index contributed by atoms with van der Waals surface area (Å²) in [5.74, 6) is 1.76. The molecular weight excluding hydrogens is 819 g/mol. The summed E-state index contributed by atoms with van der Waals surface area (Å²) < 4.78 is 14.6. The lowest BCUT2D eigenvalue weighted by molar-refractivity contribution is -0.142. The number of fused-ring (bicyclic) bond motifs is 8. The molecule has 2 aliphatic carbocycles. The molecule has 19 heteroatoms. The third-order valence-electron chi connectivity index (χ3n) is 11.4. The number of amides is 1. The van der Waals surface area contributed by atoms with E-state index in [1.807, 2.05) is 43.6 Å². The van der Waals surface area contributed by atoms with Crippen molar-refractivity contribution in [1.82, 2.24) is 44.1 Å². The first-order valence-electron chi connectivity index (χ1n) is 20.0. The number of nitrogens with zero attached hydrogens (tertiary/aromatic N) is 9. The molecule has 61 heavy (non-hydrogen) atoms. The van der Waals surface area contributed by atoms with Gasteiger partial charge in [-0.3, -0.25) is 9.59 Å². The Labute approximate surface area is 357 Å². The highest BCUT2D eigenvalue weighted by atomic mass is 32.1. The van der Waals surface area contributed by atoms with Crippen LogP contribution in [0.5, 0.6) is 11.5 Å². The largest absolute Gasteiger partial charge is 0.493 e. The average molecular weight is 862 g/mol. The standard InChI is InChI=1S/C23H26N6O3S.C19H17N5O3S/c1-3-28(8-9-30)23(31)14-4-5-16-19(10-14)33-22-20(16)21(24-13-25-22)27-17-11-15-6-7-26-29(15)12-18(17)32-2;1-27-14-8-24-11(4-5-22-24)7-13(14)23-17-16-12-3-2-10(19(25)26)6-15(12)28-18(16)21-9-20-17/h6-7,11-14,30H,3-5,8-10H2,1-2H3,(H,24,25,27);4-5,7-10H,2-3,6H2,1H3,(H,25,26)(H,20,21,23)/t14-;10-/m00/s1. The van der Waals surface area contributed by atoms with Crippen molar-refractivity contribution in [2.75, 3.05) is 44.5 Å². The van der Waals surface area contributed by atoms with Crippen molar-refractivity contribution in [3.8, 4) is 11.5 Å². The second-order valence-electron chi connectivity index (χ2n) is 14.8. The number of aromatic nitrogens is 8. The maximum atomic E-state index is 13.0.